The average molecular weight is 452 g/mol. The van der Waals surface area contributed by atoms with Crippen LogP contribution in [0.4, 0.5) is 5.95 Å². The molecule has 0 aromatic carbocycles. The number of hydrogen-bond acceptors (Lipinski definition) is 6. The van der Waals surface area contributed by atoms with E-state index in [-0.39, 0.29) is 0 Å². The molecule has 2 aliphatic rings. The third-order valence-electron chi connectivity index (χ3n) is 7.43. The van der Waals surface area contributed by atoms with Crippen molar-refractivity contribution in [1.29, 1.82) is 0 Å². The molecule has 1 unspecified atom stereocenters. The van der Waals surface area contributed by atoms with E-state index in [0.717, 1.165) is 55.7 Å². The van der Waals surface area contributed by atoms with E-state index < -0.39 is 0 Å². The van der Waals surface area contributed by atoms with Crippen molar-refractivity contribution in [1.82, 2.24) is 29.5 Å². The van der Waals surface area contributed by atoms with E-state index in [1.54, 1.807) is 0 Å². The van der Waals surface area contributed by atoms with Gasteiger partial charge in [0.2, 0.25) is 5.95 Å². The maximum atomic E-state index is 4.93. The largest absolute Gasteiger partial charge is 0.351 e. The second-order valence-corrected chi connectivity index (χ2v) is 10.1. The molecule has 0 amide bonds. The second kappa shape index (κ2) is 11.3. The highest BCUT2D eigenvalue weighted by molar-refractivity contribution is 5.81. The summed E-state index contributed by atoms with van der Waals surface area (Å²) in [5, 5.41) is 9.39. The number of likely N-dealkylation sites (tertiary alicyclic amines) is 1. The van der Waals surface area contributed by atoms with Gasteiger partial charge in [-0.25, -0.2) is 9.67 Å². The number of fused-ring (bicyclic) bond motifs is 1. The third kappa shape index (κ3) is 6.04. The molecule has 1 N–H and O–H groups in total. The minimum Gasteiger partial charge on any atom is -0.351 e. The van der Waals surface area contributed by atoms with E-state index in [1.165, 1.54) is 38.5 Å². The number of hydrogen-bond donors (Lipinski definition) is 1. The Bertz CT molecular complexity index is 960. The lowest BCUT2D eigenvalue weighted by Crippen LogP contribution is -2.45. The van der Waals surface area contributed by atoms with Crippen LogP contribution in [0.25, 0.3) is 11.0 Å². The maximum Gasteiger partial charge on any atom is 0.224 e. The number of nitrogens with zero attached hydrogens (tertiary/aromatic N) is 6. The van der Waals surface area contributed by atoms with Crippen molar-refractivity contribution >= 4 is 17.0 Å². The smallest absolute Gasteiger partial charge is 0.224 e. The van der Waals surface area contributed by atoms with Crippen LogP contribution in [-0.2, 0) is 6.54 Å². The number of anilines is 1. The average Bonchev–Trinajstić information content (AvgIpc) is 3.46. The Kier molecular flexibility index (Phi) is 8.21. The first kappa shape index (κ1) is 24.0. The summed E-state index contributed by atoms with van der Waals surface area (Å²) in [7, 11) is 4.35. The fourth-order valence-corrected chi connectivity index (χ4v) is 5.19. The van der Waals surface area contributed by atoms with Crippen LogP contribution in [0.3, 0.4) is 0 Å². The van der Waals surface area contributed by atoms with Crippen molar-refractivity contribution in [3.63, 3.8) is 0 Å². The minimum absolute atomic E-state index is 0.392. The number of piperidine rings is 1. The molecule has 7 nitrogen and oxygen atoms in total. The lowest BCUT2D eigenvalue weighted by Gasteiger charge is -2.35. The normalized spacial score (nSPS) is 20.0. The van der Waals surface area contributed by atoms with Gasteiger partial charge >= 0.3 is 0 Å². The van der Waals surface area contributed by atoms with E-state index in [1.807, 2.05) is 6.20 Å². The van der Waals surface area contributed by atoms with Crippen molar-refractivity contribution in [3.8, 4) is 11.8 Å². The van der Waals surface area contributed by atoms with Crippen molar-refractivity contribution in [2.45, 2.75) is 83.8 Å². The first-order chi connectivity index (χ1) is 16.1. The van der Waals surface area contributed by atoms with Crippen molar-refractivity contribution in [3.05, 3.63) is 11.9 Å². The van der Waals surface area contributed by atoms with Crippen molar-refractivity contribution in [2.24, 2.45) is 5.92 Å². The standard InChI is InChI=1S/C26H41N7/c1-5-21(6-2)28-26-27-17-23-24(14-10-16-32-15-9-13-22(19-32)31(3)4)30-33(25(23)29-26)18-20-11-7-8-12-20/h17,20-22H,5-9,11-13,15-16,18-19H2,1-4H3,(H,27,28,29). The van der Waals surface area contributed by atoms with Crippen LogP contribution in [-0.4, -0.2) is 75.4 Å². The molecule has 3 heterocycles. The molecular weight excluding hydrogens is 410 g/mol. The molecule has 0 spiro atoms. The third-order valence-corrected chi connectivity index (χ3v) is 7.43. The van der Waals surface area contributed by atoms with Crippen LogP contribution in [0.5, 0.6) is 0 Å². The highest BCUT2D eigenvalue weighted by atomic mass is 15.3. The molecule has 33 heavy (non-hydrogen) atoms. The molecule has 180 valence electrons. The summed E-state index contributed by atoms with van der Waals surface area (Å²) in [6, 6.07) is 1.02. The Morgan fingerprint density at radius 2 is 1.94 bits per heavy atom. The second-order valence-electron chi connectivity index (χ2n) is 10.1. The maximum absolute atomic E-state index is 4.93. The summed E-state index contributed by atoms with van der Waals surface area (Å²) < 4.78 is 2.10. The fraction of sp³-hybridized carbons (Fsp3) is 0.731. The molecule has 2 aromatic rings. The summed E-state index contributed by atoms with van der Waals surface area (Å²) in [6.45, 7) is 8.32. The molecule has 1 saturated heterocycles. The molecular formula is C26H41N7. The summed E-state index contributed by atoms with van der Waals surface area (Å²) in [5.41, 5.74) is 1.73. The Morgan fingerprint density at radius 1 is 1.15 bits per heavy atom. The number of rotatable bonds is 8. The molecule has 1 saturated carbocycles. The van der Waals surface area contributed by atoms with E-state index in [2.05, 4.69) is 64.6 Å². The summed E-state index contributed by atoms with van der Waals surface area (Å²) >= 11 is 0. The van der Waals surface area contributed by atoms with Gasteiger partial charge in [0.05, 0.1) is 11.9 Å². The first-order valence-corrected chi connectivity index (χ1v) is 12.9. The van der Waals surface area contributed by atoms with Gasteiger partial charge in [-0.3, -0.25) is 4.90 Å². The number of nitrogens with one attached hydrogen (secondary N) is 1. The van der Waals surface area contributed by atoms with Crippen LogP contribution in [0.15, 0.2) is 6.20 Å². The molecule has 4 rings (SSSR count). The van der Waals surface area contributed by atoms with Crippen LogP contribution < -0.4 is 5.32 Å². The molecule has 0 radical (unpaired) electrons. The van der Waals surface area contributed by atoms with Gasteiger partial charge in [0, 0.05) is 31.4 Å². The van der Waals surface area contributed by atoms with Gasteiger partial charge in [-0.2, -0.15) is 10.1 Å². The van der Waals surface area contributed by atoms with E-state index in [0.29, 0.717) is 23.9 Å². The van der Waals surface area contributed by atoms with E-state index in [9.17, 15) is 0 Å². The van der Waals surface area contributed by atoms with Crippen LogP contribution >= 0.6 is 0 Å². The van der Waals surface area contributed by atoms with Crippen LogP contribution in [0.2, 0.25) is 0 Å². The molecule has 1 aliphatic carbocycles. The van der Waals surface area contributed by atoms with Gasteiger partial charge in [0.25, 0.3) is 0 Å². The van der Waals surface area contributed by atoms with Gasteiger partial charge in [-0.15, -0.1) is 0 Å². The first-order valence-electron chi connectivity index (χ1n) is 12.9. The van der Waals surface area contributed by atoms with E-state index in [4.69, 9.17) is 10.1 Å². The summed E-state index contributed by atoms with van der Waals surface area (Å²) in [4.78, 5) is 14.3. The molecule has 2 fully saturated rings. The zero-order chi connectivity index (χ0) is 23.2. The van der Waals surface area contributed by atoms with Gasteiger partial charge < -0.3 is 10.2 Å². The van der Waals surface area contributed by atoms with Gasteiger partial charge in [-0.1, -0.05) is 32.6 Å². The van der Waals surface area contributed by atoms with Crippen LogP contribution in [0.1, 0.15) is 70.9 Å². The molecule has 0 bridgehead atoms. The molecule has 1 atom stereocenters. The van der Waals surface area contributed by atoms with Gasteiger partial charge in [-0.05, 0) is 71.0 Å². The molecule has 7 heteroatoms. The Morgan fingerprint density at radius 3 is 2.67 bits per heavy atom. The van der Waals surface area contributed by atoms with Gasteiger partial charge in [0.15, 0.2) is 5.65 Å². The lowest BCUT2D eigenvalue weighted by atomic mass is 10.1. The predicted molar refractivity (Wildman–Crippen MR) is 135 cm³/mol. The Balaban J connectivity index is 1.55. The molecule has 1 aliphatic heterocycles. The predicted octanol–water partition coefficient (Wildman–Crippen LogP) is 3.99. The fourth-order valence-electron chi connectivity index (χ4n) is 5.19. The van der Waals surface area contributed by atoms with Gasteiger partial charge in [0.1, 0.15) is 5.69 Å². The highest BCUT2D eigenvalue weighted by Crippen LogP contribution is 2.28. The number of likely N-dealkylation sites (N-methyl/N-ethyl adjacent to an activating group) is 1. The molecule has 2 aromatic heterocycles. The van der Waals surface area contributed by atoms with Crippen molar-refractivity contribution in [2.75, 3.05) is 39.0 Å². The summed E-state index contributed by atoms with van der Waals surface area (Å²) in [6.07, 6.45) is 11.8. The number of aromatic nitrogens is 4. The minimum atomic E-state index is 0.392. The SMILES string of the molecule is CCC(CC)Nc1ncc2c(C#CCN3CCCC(N(C)C)C3)nn(CC3CCCC3)c2n1. The Hall–Kier alpha value is -2.17. The van der Waals surface area contributed by atoms with Crippen molar-refractivity contribution < 1.29 is 0 Å². The van der Waals surface area contributed by atoms with E-state index >= 15 is 0 Å². The Labute approximate surface area is 199 Å². The topological polar surface area (TPSA) is 62.1 Å². The quantitative estimate of drug-likeness (QED) is 0.612. The van der Waals surface area contributed by atoms with Crippen LogP contribution in [0, 0.1) is 17.8 Å². The monoisotopic (exact) mass is 451 g/mol. The zero-order valence-corrected chi connectivity index (χ0v) is 21.0. The lowest BCUT2D eigenvalue weighted by molar-refractivity contribution is 0.145. The summed E-state index contributed by atoms with van der Waals surface area (Å²) in [5.74, 6) is 8.17. The zero-order valence-electron chi connectivity index (χ0n) is 21.0. The highest BCUT2D eigenvalue weighted by Gasteiger charge is 2.21.